The van der Waals surface area contributed by atoms with Crippen molar-refractivity contribution >= 4 is 0 Å². The second-order valence-electron chi connectivity index (χ2n) is 2.65. The number of hydrogen-bond donors (Lipinski definition) is 0. The highest BCUT2D eigenvalue weighted by molar-refractivity contribution is 4.78. The lowest BCUT2D eigenvalue weighted by Gasteiger charge is -1.93. The number of nitrogens with zero attached hydrogens (tertiary/aromatic N) is 2. The third-order valence-electron chi connectivity index (χ3n) is 1.86. The number of rotatable bonds is 2. The molecule has 1 heterocycles. The van der Waals surface area contributed by atoms with E-state index in [1.54, 1.807) is 0 Å². The van der Waals surface area contributed by atoms with Crippen LogP contribution in [0.1, 0.15) is 19.2 Å². The van der Waals surface area contributed by atoms with Gasteiger partial charge in [0.2, 0.25) is 24.0 Å². The fourth-order valence-corrected chi connectivity index (χ4v) is 1.08. The third-order valence-corrected chi connectivity index (χ3v) is 1.86. The van der Waals surface area contributed by atoms with Crippen molar-refractivity contribution in [3.63, 3.8) is 0 Å². The highest BCUT2D eigenvalue weighted by atomic mass is 127. The molecule has 2 nitrogen and oxygen atoms in total. The number of aryl methyl sites for hydroxylation is 2. The van der Waals surface area contributed by atoms with E-state index in [1.807, 2.05) is 0 Å². The van der Waals surface area contributed by atoms with Crippen LogP contribution in [-0.2, 0) is 13.6 Å². The predicted octanol–water partition coefficient (Wildman–Crippen LogP) is -2.50. The van der Waals surface area contributed by atoms with Crippen LogP contribution < -0.4 is 28.5 Å². The van der Waals surface area contributed by atoms with Gasteiger partial charge in [0, 0.05) is 6.92 Å². The molecular weight excluding hydrogens is 251 g/mol. The van der Waals surface area contributed by atoms with Crippen molar-refractivity contribution in [2.75, 3.05) is 0 Å². The molecule has 0 radical (unpaired) electrons. The summed E-state index contributed by atoms with van der Waals surface area (Å²) in [6, 6.07) is 0. The van der Waals surface area contributed by atoms with Gasteiger partial charge in [0.25, 0.3) is 5.82 Å². The summed E-state index contributed by atoms with van der Waals surface area (Å²) in [5, 5.41) is 0. The molecule has 0 amide bonds. The van der Waals surface area contributed by atoms with Crippen LogP contribution in [0.2, 0.25) is 0 Å². The number of halogens is 1. The normalized spacial score (nSPS) is 9.36. The van der Waals surface area contributed by atoms with Gasteiger partial charge in [-0.15, -0.1) is 0 Å². The van der Waals surface area contributed by atoms with Crippen LogP contribution in [-0.4, -0.2) is 4.57 Å². The first-order valence-corrected chi connectivity index (χ1v) is 3.77. The van der Waals surface area contributed by atoms with Gasteiger partial charge in [-0.25, -0.2) is 9.13 Å². The maximum Gasteiger partial charge on any atom is 0.253 e. The van der Waals surface area contributed by atoms with Gasteiger partial charge in [0.1, 0.15) is 12.4 Å². The molecule has 0 saturated heterocycles. The van der Waals surface area contributed by atoms with E-state index in [2.05, 4.69) is 42.4 Å². The van der Waals surface area contributed by atoms with E-state index in [0.29, 0.717) is 0 Å². The van der Waals surface area contributed by atoms with E-state index in [4.69, 9.17) is 0 Å². The lowest BCUT2D eigenvalue weighted by atomic mass is 10.5. The highest BCUT2D eigenvalue weighted by Crippen LogP contribution is 1.93. The summed E-state index contributed by atoms with van der Waals surface area (Å²) in [4.78, 5) is 0. The molecule has 0 bridgehead atoms. The summed E-state index contributed by atoms with van der Waals surface area (Å²) < 4.78 is 4.40. The summed E-state index contributed by atoms with van der Waals surface area (Å²) in [6.45, 7) is 5.46. The molecule has 1 rings (SSSR count). The van der Waals surface area contributed by atoms with Crippen molar-refractivity contribution in [1.82, 2.24) is 4.57 Å². The standard InChI is InChI=1S/C8H15N2.H2I/c1-4-5-10-7-6-9(3)8(10)2;/h6-7H,4-5H2,1-3H3;1H2/q2*+1. The van der Waals surface area contributed by atoms with Gasteiger partial charge in [0.15, 0.2) is 0 Å². The molecule has 0 unspecified atom stereocenters. The smallest absolute Gasteiger partial charge is 0.237 e. The maximum absolute atomic E-state index is 2.26. The Morgan fingerprint density at radius 1 is 1.55 bits per heavy atom. The lowest BCUT2D eigenvalue weighted by Crippen LogP contribution is -3.00. The predicted molar refractivity (Wildman–Crippen MR) is 43.4 cm³/mol. The van der Waals surface area contributed by atoms with E-state index in [9.17, 15) is 0 Å². The summed E-state index contributed by atoms with van der Waals surface area (Å²) in [7, 11) is 2.07. The molecule has 0 aliphatic heterocycles. The van der Waals surface area contributed by atoms with Gasteiger partial charge in [-0.05, 0) is 6.42 Å². The van der Waals surface area contributed by atoms with E-state index < -0.39 is 0 Å². The molecule has 0 N–H and O–H groups in total. The van der Waals surface area contributed by atoms with E-state index in [1.165, 1.54) is 12.2 Å². The van der Waals surface area contributed by atoms with Crippen LogP contribution in [0.25, 0.3) is 0 Å². The van der Waals surface area contributed by atoms with Crippen LogP contribution in [0, 0.1) is 6.92 Å². The Hall–Kier alpha value is -0.0600. The van der Waals surface area contributed by atoms with Crippen molar-refractivity contribution in [3.8, 4) is 0 Å². The minimum absolute atomic E-state index is 0. The van der Waals surface area contributed by atoms with Crippen LogP contribution >= 0.6 is 0 Å². The summed E-state index contributed by atoms with van der Waals surface area (Å²) in [5.74, 6) is 1.32. The zero-order valence-electron chi connectivity index (χ0n) is 7.41. The van der Waals surface area contributed by atoms with Gasteiger partial charge >= 0.3 is 0 Å². The quantitative estimate of drug-likeness (QED) is 0.414. The Morgan fingerprint density at radius 2 is 2.18 bits per heavy atom. The average Bonchev–Trinajstić information content (AvgIpc) is 2.20. The summed E-state index contributed by atoms with van der Waals surface area (Å²) in [5.41, 5.74) is 0. The molecule has 3 heteroatoms. The highest BCUT2D eigenvalue weighted by Gasteiger charge is 2.05. The fourth-order valence-electron chi connectivity index (χ4n) is 1.08. The minimum Gasteiger partial charge on any atom is -0.237 e. The van der Waals surface area contributed by atoms with E-state index in [0.717, 1.165) is 6.54 Å². The number of aromatic nitrogens is 2. The summed E-state index contributed by atoms with van der Waals surface area (Å²) >= 11 is 0. The molecule has 64 valence electrons. The van der Waals surface area contributed by atoms with Crippen molar-refractivity contribution < 1.29 is 28.5 Å². The molecule has 1 aromatic heterocycles. The lowest BCUT2D eigenvalue weighted by molar-refractivity contribution is -0.677. The monoisotopic (exact) mass is 268 g/mol. The molecule has 0 aromatic carbocycles. The molecule has 0 saturated carbocycles. The molecule has 1 aromatic rings. The van der Waals surface area contributed by atoms with Gasteiger partial charge < -0.3 is 0 Å². The van der Waals surface area contributed by atoms with Crippen LogP contribution in [0.3, 0.4) is 0 Å². The van der Waals surface area contributed by atoms with E-state index >= 15 is 0 Å². The van der Waals surface area contributed by atoms with Crippen molar-refractivity contribution in [1.29, 1.82) is 0 Å². The Labute approximate surface area is 85.2 Å². The van der Waals surface area contributed by atoms with Gasteiger partial charge in [-0.3, -0.25) is 0 Å². The average molecular weight is 268 g/mol. The topological polar surface area (TPSA) is 8.81 Å². The van der Waals surface area contributed by atoms with Gasteiger partial charge in [-0.2, -0.15) is 0 Å². The van der Waals surface area contributed by atoms with Gasteiger partial charge in [0.05, 0.1) is 13.6 Å². The zero-order chi connectivity index (χ0) is 7.56. The van der Waals surface area contributed by atoms with Crippen molar-refractivity contribution in [2.24, 2.45) is 7.05 Å². The fraction of sp³-hybridized carbons (Fsp3) is 0.625. The van der Waals surface area contributed by atoms with Gasteiger partial charge in [-0.1, -0.05) is 6.92 Å². The Kier molecular flexibility index (Phi) is 4.72. The first-order chi connectivity index (χ1) is 4.75. The molecule has 0 aliphatic carbocycles. The second-order valence-corrected chi connectivity index (χ2v) is 2.65. The Morgan fingerprint density at radius 3 is 2.55 bits per heavy atom. The first kappa shape index (κ1) is 10.9. The summed E-state index contributed by atoms with van der Waals surface area (Å²) in [6.07, 6.45) is 5.42. The molecule has 0 fully saturated rings. The zero-order valence-corrected chi connectivity index (χ0v) is 9.96. The third kappa shape index (κ3) is 2.47. The molecule has 0 atom stereocenters. The Balaban J connectivity index is 0.000001000. The molecule has 11 heavy (non-hydrogen) atoms. The maximum atomic E-state index is 2.26. The van der Waals surface area contributed by atoms with Crippen LogP contribution in [0.5, 0.6) is 0 Å². The molecular formula is C8H17IN2+2. The van der Waals surface area contributed by atoms with Crippen molar-refractivity contribution in [3.05, 3.63) is 18.2 Å². The minimum atomic E-state index is 0. The second kappa shape index (κ2) is 4.74. The molecule has 0 spiro atoms. The number of hydrogen-bond acceptors (Lipinski definition) is 0. The SMILES string of the molecule is CCCn1cc[n+](C)c1C.[IH2+]. The van der Waals surface area contributed by atoms with Crippen LogP contribution in [0.4, 0.5) is 0 Å². The Bertz CT molecular complexity index is 218. The largest absolute Gasteiger partial charge is 0.253 e. The van der Waals surface area contributed by atoms with Crippen molar-refractivity contribution in [2.45, 2.75) is 26.8 Å². The van der Waals surface area contributed by atoms with E-state index in [-0.39, 0.29) is 24.0 Å². The van der Waals surface area contributed by atoms with Crippen LogP contribution in [0.15, 0.2) is 12.4 Å². The number of imidazole rings is 1. The first-order valence-electron chi connectivity index (χ1n) is 3.77. The molecule has 0 aliphatic rings.